The van der Waals surface area contributed by atoms with Crippen molar-refractivity contribution in [3.63, 3.8) is 0 Å². The van der Waals surface area contributed by atoms with Gasteiger partial charge in [-0.3, -0.25) is 4.79 Å². The molecule has 1 fully saturated rings. The van der Waals surface area contributed by atoms with Gasteiger partial charge >= 0.3 is 0 Å². The van der Waals surface area contributed by atoms with Crippen molar-refractivity contribution < 1.29 is 9.53 Å². The molecule has 1 amide bonds. The van der Waals surface area contributed by atoms with Crippen LogP contribution in [0.15, 0.2) is 54.6 Å². The number of hydrogen-bond acceptors (Lipinski definition) is 2. The van der Waals surface area contributed by atoms with E-state index in [1.165, 1.54) is 0 Å². The summed E-state index contributed by atoms with van der Waals surface area (Å²) in [5, 5.41) is 2.99. The Morgan fingerprint density at radius 3 is 2.62 bits per heavy atom. The van der Waals surface area contributed by atoms with Gasteiger partial charge in [0.1, 0.15) is 0 Å². The average molecular weight is 281 g/mol. The Bertz CT molecular complexity index is 604. The molecule has 108 valence electrons. The van der Waals surface area contributed by atoms with Crippen LogP contribution < -0.4 is 5.32 Å². The fourth-order valence-electron chi connectivity index (χ4n) is 2.66. The third-order valence-corrected chi connectivity index (χ3v) is 3.77. The molecule has 2 aromatic carbocycles. The lowest BCUT2D eigenvalue weighted by molar-refractivity contribution is 0.0858. The van der Waals surface area contributed by atoms with Crippen molar-refractivity contribution in [3.8, 4) is 11.1 Å². The van der Waals surface area contributed by atoms with E-state index in [2.05, 4.69) is 5.32 Å². The lowest BCUT2D eigenvalue weighted by atomic mass is 9.99. The lowest BCUT2D eigenvalue weighted by Crippen LogP contribution is -2.32. The fraction of sp³-hybridized carbons (Fsp3) is 0.278. The number of carbonyl (C=O) groups excluding carboxylic acids is 1. The van der Waals surface area contributed by atoms with Crippen LogP contribution in [0.4, 0.5) is 0 Å². The molecule has 3 rings (SSSR count). The Balaban J connectivity index is 1.76. The molecule has 21 heavy (non-hydrogen) atoms. The van der Waals surface area contributed by atoms with Crippen molar-refractivity contribution in [1.82, 2.24) is 5.32 Å². The van der Waals surface area contributed by atoms with Crippen LogP contribution in [-0.2, 0) is 4.74 Å². The van der Waals surface area contributed by atoms with Crippen LogP contribution in [0.1, 0.15) is 23.2 Å². The van der Waals surface area contributed by atoms with Crippen molar-refractivity contribution in [2.75, 3.05) is 13.2 Å². The Morgan fingerprint density at radius 1 is 1.10 bits per heavy atom. The smallest absolute Gasteiger partial charge is 0.252 e. The molecule has 1 saturated heterocycles. The molecule has 0 bridgehead atoms. The molecule has 1 aliphatic heterocycles. The first kappa shape index (κ1) is 13.8. The Kier molecular flexibility index (Phi) is 4.31. The monoisotopic (exact) mass is 281 g/mol. The molecule has 0 spiro atoms. The number of carbonyl (C=O) groups is 1. The summed E-state index contributed by atoms with van der Waals surface area (Å²) >= 11 is 0. The highest BCUT2D eigenvalue weighted by Gasteiger charge is 2.18. The molecular weight excluding hydrogens is 262 g/mol. The first-order valence-electron chi connectivity index (χ1n) is 7.39. The normalized spacial score (nSPS) is 17.6. The first-order chi connectivity index (χ1) is 10.3. The largest absolute Gasteiger partial charge is 0.376 e. The molecule has 1 N–H and O–H groups in total. The maximum absolute atomic E-state index is 12.4. The maximum Gasteiger partial charge on any atom is 0.252 e. The topological polar surface area (TPSA) is 38.3 Å². The molecule has 0 aliphatic carbocycles. The summed E-state index contributed by atoms with van der Waals surface area (Å²) in [5.41, 5.74) is 2.73. The average Bonchev–Trinajstić information content (AvgIpc) is 3.07. The number of nitrogens with one attached hydrogen (secondary N) is 1. The highest BCUT2D eigenvalue weighted by Crippen LogP contribution is 2.23. The molecule has 3 heteroatoms. The molecule has 0 radical (unpaired) electrons. The van der Waals surface area contributed by atoms with E-state index in [-0.39, 0.29) is 12.0 Å². The Labute approximate surface area is 124 Å². The van der Waals surface area contributed by atoms with Gasteiger partial charge in [0.2, 0.25) is 0 Å². The molecule has 0 saturated carbocycles. The number of benzene rings is 2. The van der Waals surface area contributed by atoms with Gasteiger partial charge in [-0.1, -0.05) is 48.5 Å². The second kappa shape index (κ2) is 6.55. The number of hydrogen-bond donors (Lipinski definition) is 1. The first-order valence-corrected chi connectivity index (χ1v) is 7.39. The van der Waals surface area contributed by atoms with E-state index in [9.17, 15) is 4.79 Å². The molecule has 1 heterocycles. The van der Waals surface area contributed by atoms with Gasteiger partial charge in [-0.25, -0.2) is 0 Å². The fourth-order valence-corrected chi connectivity index (χ4v) is 2.66. The van der Waals surface area contributed by atoms with Gasteiger partial charge in [0, 0.05) is 18.7 Å². The molecular formula is C18H19NO2. The van der Waals surface area contributed by atoms with E-state index >= 15 is 0 Å². The number of amides is 1. The van der Waals surface area contributed by atoms with E-state index in [1.807, 2.05) is 54.6 Å². The minimum Gasteiger partial charge on any atom is -0.376 e. The van der Waals surface area contributed by atoms with Crippen LogP contribution in [0.25, 0.3) is 11.1 Å². The third-order valence-electron chi connectivity index (χ3n) is 3.77. The maximum atomic E-state index is 12.4. The molecule has 1 aliphatic rings. The van der Waals surface area contributed by atoms with Crippen LogP contribution in [0, 0.1) is 0 Å². The summed E-state index contributed by atoms with van der Waals surface area (Å²) in [4.78, 5) is 12.4. The molecule has 0 aromatic heterocycles. The minimum atomic E-state index is -0.0371. The lowest BCUT2D eigenvalue weighted by Gasteiger charge is -2.13. The van der Waals surface area contributed by atoms with Crippen molar-refractivity contribution in [3.05, 3.63) is 60.2 Å². The quantitative estimate of drug-likeness (QED) is 0.934. The summed E-state index contributed by atoms with van der Waals surface area (Å²) in [7, 11) is 0. The number of ether oxygens (including phenoxy) is 1. The van der Waals surface area contributed by atoms with E-state index < -0.39 is 0 Å². The summed E-state index contributed by atoms with van der Waals surface area (Å²) in [6.45, 7) is 1.39. The van der Waals surface area contributed by atoms with Gasteiger partial charge in [0.05, 0.1) is 6.10 Å². The van der Waals surface area contributed by atoms with Crippen LogP contribution in [0.2, 0.25) is 0 Å². The van der Waals surface area contributed by atoms with Gasteiger partial charge < -0.3 is 10.1 Å². The SMILES string of the molecule is O=C(NC[C@H]1CCCO1)c1ccccc1-c1ccccc1. The van der Waals surface area contributed by atoms with Crippen molar-refractivity contribution in [2.45, 2.75) is 18.9 Å². The summed E-state index contributed by atoms with van der Waals surface area (Å²) < 4.78 is 5.54. The second-order valence-electron chi connectivity index (χ2n) is 5.26. The van der Waals surface area contributed by atoms with E-state index in [4.69, 9.17) is 4.74 Å². The summed E-state index contributed by atoms with van der Waals surface area (Å²) in [5.74, 6) is -0.0371. The highest BCUT2D eigenvalue weighted by atomic mass is 16.5. The summed E-state index contributed by atoms with van der Waals surface area (Å²) in [6, 6.07) is 17.7. The third kappa shape index (κ3) is 3.31. The van der Waals surface area contributed by atoms with E-state index in [0.29, 0.717) is 12.1 Å². The van der Waals surface area contributed by atoms with Crippen LogP contribution >= 0.6 is 0 Å². The van der Waals surface area contributed by atoms with E-state index in [1.54, 1.807) is 0 Å². The van der Waals surface area contributed by atoms with Crippen molar-refractivity contribution >= 4 is 5.91 Å². The van der Waals surface area contributed by atoms with Crippen LogP contribution in [0.3, 0.4) is 0 Å². The van der Waals surface area contributed by atoms with Gasteiger partial charge in [-0.2, -0.15) is 0 Å². The minimum absolute atomic E-state index is 0.0371. The molecule has 2 aromatic rings. The predicted octanol–water partition coefficient (Wildman–Crippen LogP) is 3.26. The van der Waals surface area contributed by atoms with Crippen molar-refractivity contribution in [2.24, 2.45) is 0 Å². The molecule has 3 nitrogen and oxygen atoms in total. The van der Waals surface area contributed by atoms with Crippen molar-refractivity contribution in [1.29, 1.82) is 0 Å². The second-order valence-corrected chi connectivity index (χ2v) is 5.26. The zero-order valence-electron chi connectivity index (χ0n) is 11.9. The zero-order valence-corrected chi connectivity index (χ0v) is 11.9. The Hall–Kier alpha value is -2.13. The van der Waals surface area contributed by atoms with Crippen LogP contribution in [0.5, 0.6) is 0 Å². The summed E-state index contributed by atoms with van der Waals surface area (Å²) in [6.07, 6.45) is 2.28. The standard InChI is InChI=1S/C18H19NO2/c20-18(19-13-15-9-6-12-21-15)17-11-5-4-10-16(17)14-7-2-1-3-8-14/h1-5,7-8,10-11,15H,6,9,12-13H2,(H,19,20)/t15-/m1/s1. The Morgan fingerprint density at radius 2 is 1.86 bits per heavy atom. The molecule has 0 unspecified atom stereocenters. The van der Waals surface area contributed by atoms with Crippen LogP contribution in [-0.4, -0.2) is 25.2 Å². The zero-order chi connectivity index (χ0) is 14.5. The highest BCUT2D eigenvalue weighted by molar-refractivity contribution is 6.00. The number of rotatable bonds is 4. The van der Waals surface area contributed by atoms with Gasteiger partial charge in [-0.15, -0.1) is 0 Å². The van der Waals surface area contributed by atoms with Gasteiger partial charge in [0.15, 0.2) is 0 Å². The van der Waals surface area contributed by atoms with E-state index in [0.717, 1.165) is 30.6 Å². The van der Waals surface area contributed by atoms with Gasteiger partial charge in [-0.05, 0) is 30.0 Å². The molecule has 1 atom stereocenters. The predicted molar refractivity (Wildman–Crippen MR) is 83.2 cm³/mol. The van der Waals surface area contributed by atoms with Gasteiger partial charge in [0.25, 0.3) is 5.91 Å².